The molecule has 0 aliphatic rings. The Kier molecular flexibility index (Phi) is 5.45. The number of hydrogen-bond donors (Lipinski definition) is 2. The van der Waals surface area contributed by atoms with Crippen molar-refractivity contribution in [1.82, 2.24) is 15.0 Å². The van der Waals surface area contributed by atoms with E-state index in [9.17, 15) is 0 Å². The van der Waals surface area contributed by atoms with Crippen molar-refractivity contribution in [2.24, 2.45) is 0 Å². The van der Waals surface area contributed by atoms with Gasteiger partial charge in [-0.1, -0.05) is 37.3 Å². The van der Waals surface area contributed by atoms with Gasteiger partial charge in [0, 0.05) is 0 Å². The maximum Gasteiger partial charge on any atom is 0.228 e. The molecule has 2 rings (SSSR count). The topological polar surface area (TPSA) is 86.0 Å². The van der Waals surface area contributed by atoms with E-state index in [0.29, 0.717) is 25.0 Å². The predicted molar refractivity (Wildman–Crippen MR) is 82.8 cm³/mol. The molecule has 0 fully saturated rings. The summed E-state index contributed by atoms with van der Waals surface area (Å²) < 4.78 is 5.74. The quantitative estimate of drug-likeness (QED) is 0.811. The third kappa shape index (κ3) is 5.00. The van der Waals surface area contributed by atoms with E-state index < -0.39 is 0 Å². The van der Waals surface area contributed by atoms with Crippen molar-refractivity contribution in [1.29, 1.82) is 0 Å². The minimum atomic E-state index is 0.134. The first kappa shape index (κ1) is 15.2. The van der Waals surface area contributed by atoms with E-state index >= 15 is 0 Å². The lowest BCUT2D eigenvalue weighted by molar-refractivity contribution is 0.111. The van der Waals surface area contributed by atoms with Crippen molar-refractivity contribution in [3.63, 3.8) is 0 Å². The van der Waals surface area contributed by atoms with Gasteiger partial charge in [-0.15, -0.1) is 0 Å². The molecule has 1 unspecified atom stereocenters. The van der Waals surface area contributed by atoms with Crippen LogP contribution < -0.4 is 11.1 Å². The lowest BCUT2D eigenvalue weighted by atomic mass is 10.2. The second kappa shape index (κ2) is 7.54. The summed E-state index contributed by atoms with van der Waals surface area (Å²) in [5.41, 5.74) is 6.78. The van der Waals surface area contributed by atoms with Crippen LogP contribution in [0.5, 0.6) is 0 Å². The lowest BCUT2D eigenvalue weighted by Gasteiger charge is -2.17. The van der Waals surface area contributed by atoms with Crippen LogP contribution in [-0.4, -0.2) is 27.6 Å². The highest BCUT2D eigenvalue weighted by molar-refractivity contribution is 5.31. The summed E-state index contributed by atoms with van der Waals surface area (Å²) in [6.45, 7) is 5.05. The van der Waals surface area contributed by atoms with Gasteiger partial charge < -0.3 is 15.8 Å². The van der Waals surface area contributed by atoms with E-state index in [-0.39, 0.29) is 12.0 Å². The number of hydrogen-bond acceptors (Lipinski definition) is 6. The maximum absolute atomic E-state index is 5.74. The first-order valence-corrected chi connectivity index (χ1v) is 7.03. The summed E-state index contributed by atoms with van der Waals surface area (Å²) in [6.07, 6.45) is 0.902. The number of benzene rings is 1. The molecule has 1 aromatic carbocycles. The number of ether oxygens (including phenoxy) is 1. The average Bonchev–Trinajstić information content (AvgIpc) is 2.46. The number of aryl methyl sites for hydroxylation is 1. The van der Waals surface area contributed by atoms with Crippen LogP contribution in [0.25, 0.3) is 0 Å². The third-order valence-corrected chi connectivity index (χ3v) is 3.02. The lowest BCUT2D eigenvalue weighted by Crippen LogP contribution is -2.26. The highest BCUT2D eigenvalue weighted by atomic mass is 16.5. The second-order valence-electron chi connectivity index (χ2n) is 4.81. The summed E-state index contributed by atoms with van der Waals surface area (Å²) in [5, 5.41) is 3.23. The van der Waals surface area contributed by atoms with Crippen LogP contribution in [0.2, 0.25) is 0 Å². The van der Waals surface area contributed by atoms with Gasteiger partial charge >= 0.3 is 0 Å². The smallest absolute Gasteiger partial charge is 0.228 e. The van der Waals surface area contributed by atoms with Gasteiger partial charge in [-0.3, -0.25) is 0 Å². The molecular formula is C15H21N5O. The molecule has 0 aliphatic carbocycles. The van der Waals surface area contributed by atoms with Crippen molar-refractivity contribution in [3.8, 4) is 0 Å². The van der Waals surface area contributed by atoms with Crippen LogP contribution in [0, 0.1) is 6.92 Å². The molecule has 6 heteroatoms. The molecule has 112 valence electrons. The molecule has 0 saturated heterocycles. The Morgan fingerprint density at radius 1 is 1.19 bits per heavy atom. The van der Waals surface area contributed by atoms with Gasteiger partial charge in [-0.25, -0.2) is 0 Å². The first-order chi connectivity index (χ1) is 10.2. The van der Waals surface area contributed by atoms with Crippen LogP contribution in [0.4, 0.5) is 11.9 Å². The van der Waals surface area contributed by atoms with Gasteiger partial charge in [0.25, 0.3) is 0 Å². The van der Waals surface area contributed by atoms with Crippen LogP contribution >= 0.6 is 0 Å². The van der Waals surface area contributed by atoms with Gasteiger partial charge in [0.15, 0.2) is 0 Å². The van der Waals surface area contributed by atoms with Gasteiger partial charge in [-0.2, -0.15) is 15.0 Å². The molecule has 1 aromatic heterocycles. The van der Waals surface area contributed by atoms with Gasteiger partial charge in [0.2, 0.25) is 11.9 Å². The van der Waals surface area contributed by atoms with Crippen LogP contribution in [0.15, 0.2) is 30.3 Å². The minimum absolute atomic E-state index is 0.134. The SMILES string of the molecule is CCC(COCc1ccccc1)Nc1nc(C)nc(N)n1. The Morgan fingerprint density at radius 3 is 2.62 bits per heavy atom. The van der Waals surface area contributed by atoms with Crippen LogP contribution in [0.3, 0.4) is 0 Å². The fourth-order valence-corrected chi connectivity index (χ4v) is 1.90. The molecule has 0 amide bonds. The number of nitrogens with zero attached hydrogens (tertiary/aromatic N) is 3. The van der Waals surface area contributed by atoms with Gasteiger partial charge in [0.05, 0.1) is 19.3 Å². The molecule has 2 aromatic rings. The molecule has 0 saturated carbocycles. The number of aromatic nitrogens is 3. The summed E-state index contributed by atoms with van der Waals surface area (Å²) >= 11 is 0. The van der Waals surface area contributed by atoms with Crippen molar-refractivity contribution >= 4 is 11.9 Å². The Balaban J connectivity index is 1.85. The zero-order valence-electron chi connectivity index (χ0n) is 12.4. The largest absolute Gasteiger partial charge is 0.375 e. The molecule has 0 radical (unpaired) electrons. The van der Waals surface area contributed by atoms with E-state index in [1.165, 1.54) is 0 Å². The Bertz CT molecular complexity index is 541. The summed E-state index contributed by atoms with van der Waals surface area (Å²) in [5.74, 6) is 1.32. The van der Waals surface area contributed by atoms with Gasteiger partial charge in [-0.05, 0) is 18.9 Å². The summed E-state index contributed by atoms with van der Waals surface area (Å²) in [4.78, 5) is 12.2. The Morgan fingerprint density at radius 2 is 1.95 bits per heavy atom. The first-order valence-electron chi connectivity index (χ1n) is 7.03. The van der Waals surface area contributed by atoms with Crippen LogP contribution in [0.1, 0.15) is 24.7 Å². The Labute approximate surface area is 124 Å². The molecule has 3 N–H and O–H groups in total. The minimum Gasteiger partial charge on any atom is -0.375 e. The molecule has 1 atom stereocenters. The normalized spacial score (nSPS) is 12.1. The standard InChI is InChI=1S/C15H21N5O/c1-3-13(10-21-9-12-7-5-4-6-8-12)19-15-18-11(2)17-14(16)20-15/h4-8,13H,3,9-10H2,1-2H3,(H3,16,17,18,19,20). The zero-order chi connectivity index (χ0) is 15.1. The van der Waals surface area contributed by atoms with Crippen molar-refractivity contribution in [2.45, 2.75) is 32.9 Å². The van der Waals surface area contributed by atoms with Crippen molar-refractivity contribution in [3.05, 3.63) is 41.7 Å². The fraction of sp³-hybridized carbons (Fsp3) is 0.400. The molecule has 1 heterocycles. The number of nitrogens with one attached hydrogen (secondary N) is 1. The fourth-order valence-electron chi connectivity index (χ4n) is 1.90. The monoisotopic (exact) mass is 287 g/mol. The Hall–Kier alpha value is -2.21. The van der Waals surface area contributed by atoms with E-state index in [1.54, 1.807) is 6.92 Å². The maximum atomic E-state index is 5.74. The van der Waals surface area contributed by atoms with E-state index in [1.807, 2.05) is 30.3 Å². The van der Waals surface area contributed by atoms with E-state index in [4.69, 9.17) is 10.5 Å². The number of rotatable bonds is 7. The number of anilines is 2. The van der Waals surface area contributed by atoms with E-state index in [0.717, 1.165) is 12.0 Å². The van der Waals surface area contributed by atoms with E-state index in [2.05, 4.69) is 27.2 Å². The summed E-state index contributed by atoms with van der Waals surface area (Å²) in [7, 11) is 0. The zero-order valence-corrected chi connectivity index (χ0v) is 12.4. The average molecular weight is 287 g/mol. The second-order valence-corrected chi connectivity index (χ2v) is 4.81. The molecular weight excluding hydrogens is 266 g/mol. The van der Waals surface area contributed by atoms with Crippen molar-refractivity contribution in [2.75, 3.05) is 17.7 Å². The van der Waals surface area contributed by atoms with Crippen molar-refractivity contribution < 1.29 is 4.74 Å². The molecule has 21 heavy (non-hydrogen) atoms. The number of nitrogen functional groups attached to an aromatic ring is 1. The van der Waals surface area contributed by atoms with Crippen LogP contribution in [-0.2, 0) is 11.3 Å². The predicted octanol–water partition coefficient (Wildman–Crippen LogP) is 2.17. The highest BCUT2D eigenvalue weighted by Gasteiger charge is 2.09. The molecule has 0 aliphatic heterocycles. The van der Waals surface area contributed by atoms with Gasteiger partial charge in [0.1, 0.15) is 5.82 Å². The number of nitrogens with two attached hydrogens (primary N) is 1. The summed E-state index contributed by atoms with van der Waals surface area (Å²) in [6, 6.07) is 10.2. The highest BCUT2D eigenvalue weighted by Crippen LogP contribution is 2.07. The molecule has 0 spiro atoms. The molecule has 0 bridgehead atoms. The molecule has 6 nitrogen and oxygen atoms in total. The third-order valence-electron chi connectivity index (χ3n) is 3.02.